The Kier molecular flexibility index (Phi) is 3.41. The van der Waals surface area contributed by atoms with E-state index in [1.165, 1.54) is 55.7 Å². The van der Waals surface area contributed by atoms with Crippen LogP contribution < -0.4 is 0 Å². The molecule has 31 heavy (non-hydrogen) atoms. The van der Waals surface area contributed by atoms with Gasteiger partial charge in [0, 0.05) is 5.41 Å². The quantitative estimate of drug-likeness (QED) is 0.311. The van der Waals surface area contributed by atoms with Crippen molar-refractivity contribution >= 4 is 11.1 Å². The minimum atomic E-state index is 0.0219. The van der Waals surface area contributed by atoms with Gasteiger partial charge in [-0.2, -0.15) is 0 Å². The molecule has 4 aromatic carbocycles. The molecule has 0 saturated carbocycles. The van der Waals surface area contributed by atoms with E-state index in [0.29, 0.717) is 0 Å². The van der Waals surface area contributed by atoms with Crippen molar-refractivity contribution in [3.63, 3.8) is 0 Å². The predicted octanol–water partition coefficient (Wildman–Crippen LogP) is 7.65. The van der Waals surface area contributed by atoms with Gasteiger partial charge < -0.3 is 0 Å². The number of fused-ring (bicyclic) bond motifs is 8. The highest BCUT2D eigenvalue weighted by Crippen LogP contribution is 2.60. The molecule has 0 radical (unpaired) electrons. The first kappa shape index (κ1) is 17.1. The van der Waals surface area contributed by atoms with Crippen LogP contribution in [-0.4, -0.2) is 0 Å². The highest BCUT2D eigenvalue weighted by molar-refractivity contribution is 6.06. The van der Waals surface area contributed by atoms with Crippen LogP contribution in [-0.2, 0) is 5.41 Å². The molecule has 0 atom stereocenters. The lowest BCUT2D eigenvalue weighted by atomic mass is 9.66. The van der Waals surface area contributed by atoms with Gasteiger partial charge in [-0.05, 0) is 68.5 Å². The molecule has 4 aromatic rings. The van der Waals surface area contributed by atoms with Crippen LogP contribution in [0.3, 0.4) is 0 Å². The van der Waals surface area contributed by atoms with Crippen molar-refractivity contribution < 1.29 is 0 Å². The fraction of sp³-hybridized carbons (Fsp3) is 0.0968. The summed E-state index contributed by atoms with van der Waals surface area (Å²) in [6.07, 6.45) is 4.62. The Morgan fingerprint density at radius 2 is 1.06 bits per heavy atom. The summed E-state index contributed by atoms with van der Waals surface area (Å²) in [6, 6.07) is 38.0. The fourth-order valence-electron chi connectivity index (χ4n) is 6.22. The van der Waals surface area contributed by atoms with Crippen LogP contribution in [0.4, 0.5) is 0 Å². The zero-order chi connectivity index (χ0) is 20.4. The first-order valence-electron chi connectivity index (χ1n) is 11.2. The highest BCUT2D eigenvalue weighted by Gasteiger charge is 2.46. The summed E-state index contributed by atoms with van der Waals surface area (Å²) in [7, 11) is 0. The topological polar surface area (TPSA) is 0 Å². The summed E-state index contributed by atoms with van der Waals surface area (Å²) < 4.78 is 0. The summed E-state index contributed by atoms with van der Waals surface area (Å²) in [6.45, 7) is 0. The van der Waals surface area contributed by atoms with Gasteiger partial charge in [-0.3, -0.25) is 0 Å². The van der Waals surface area contributed by atoms with Crippen LogP contribution in [0, 0.1) is 0 Å². The summed E-state index contributed by atoms with van der Waals surface area (Å²) >= 11 is 0. The summed E-state index contributed by atoms with van der Waals surface area (Å²) in [5, 5.41) is 0. The van der Waals surface area contributed by atoms with Gasteiger partial charge in [-0.1, -0.05) is 109 Å². The molecule has 3 aliphatic carbocycles. The average Bonchev–Trinajstić information content (AvgIpc) is 3.31. The first-order valence-corrected chi connectivity index (χ1v) is 11.2. The summed E-state index contributed by atoms with van der Waals surface area (Å²) in [5.74, 6) is 0. The number of rotatable bonds is 1. The van der Waals surface area contributed by atoms with E-state index >= 15 is 0 Å². The van der Waals surface area contributed by atoms with E-state index < -0.39 is 0 Å². The van der Waals surface area contributed by atoms with Gasteiger partial charge in [-0.15, -0.1) is 0 Å². The minimum Gasteiger partial charge on any atom is -0.0751 e. The van der Waals surface area contributed by atoms with Gasteiger partial charge >= 0.3 is 0 Å². The third-order valence-electron chi connectivity index (χ3n) is 7.48. The summed E-state index contributed by atoms with van der Waals surface area (Å²) in [4.78, 5) is 0. The van der Waals surface area contributed by atoms with Crippen LogP contribution in [0.2, 0.25) is 0 Å². The van der Waals surface area contributed by atoms with Gasteiger partial charge in [0.15, 0.2) is 0 Å². The Bertz CT molecular complexity index is 1370. The van der Waals surface area contributed by atoms with Crippen LogP contribution in [0.25, 0.3) is 22.3 Å². The molecule has 0 nitrogen and oxygen atoms in total. The highest BCUT2D eigenvalue weighted by atomic mass is 14.5. The second-order valence-corrected chi connectivity index (χ2v) is 8.94. The maximum absolute atomic E-state index is 2.52. The maximum Gasteiger partial charge on any atom is 0.0290 e. The molecule has 7 rings (SSSR count). The maximum atomic E-state index is 2.52. The van der Waals surface area contributed by atoms with E-state index in [0.717, 1.165) is 12.8 Å². The smallest absolute Gasteiger partial charge is 0.0290 e. The Labute approximate surface area is 183 Å². The molecule has 146 valence electrons. The monoisotopic (exact) mass is 394 g/mol. The molecule has 0 bridgehead atoms. The number of hydrogen-bond acceptors (Lipinski definition) is 0. The van der Waals surface area contributed by atoms with Crippen LogP contribution in [0.1, 0.15) is 40.7 Å². The Hall–Kier alpha value is -3.64. The predicted molar refractivity (Wildman–Crippen MR) is 129 cm³/mol. The van der Waals surface area contributed by atoms with Crippen molar-refractivity contribution in [3.05, 3.63) is 143 Å². The number of hydrogen-bond donors (Lipinski definition) is 0. The Morgan fingerprint density at radius 1 is 0.516 bits per heavy atom. The lowest BCUT2D eigenvalue weighted by Gasteiger charge is -2.36. The summed E-state index contributed by atoms with van der Waals surface area (Å²) in [5.41, 5.74) is 14.3. The van der Waals surface area contributed by atoms with Crippen molar-refractivity contribution in [2.45, 2.75) is 18.3 Å². The van der Waals surface area contributed by atoms with Gasteiger partial charge in [0.05, 0.1) is 0 Å². The molecule has 0 amide bonds. The second-order valence-electron chi connectivity index (χ2n) is 8.94. The van der Waals surface area contributed by atoms with Gasteiger partial charge in [0.2, 0.25) is 0 Å². The van der Waals surface area contributed by atoms with Crippen molar-refractivity contribution in [2.24, 2.45) is 0 Å². The second kappa shape index (κ2) is 6.18. The molecule has 0 aromatic heterocycles. The molecule has 0 N–H and O–H groups in total. The Morgan fingerprint density at radius 3 is 1.74 bits per heavy atom. The van der Waals surface area contributed by atoms with Crippen molar-refractivity contribution in [1.29, 1.82) is 0 Å². The molecule has 3 aliphatic rings. The van der Waals surface area contributed by atoms with Crippen molar-refractivity contribution in [2.75, 3.05) is 0 Å². The number of benzene rings is 4. The van der Waals surface area contributed by atoms with E-state index in [9.17, 15) is 0 Å². The van der Waals surface area contributed by atoms with Crippen LogP contribution in [0.15, 0.2) is 115 Å². The fourth-order valence-corrected chi connectivity index (χ4v) is 6.22. The largest absolute Gasteiger partial charge is 0.0751 e. The van der Waals surface area contributed by atoms with Gasteiger partial charge in [-0.25, -0.2) is 0 Å². The van der Waals surface area contributed by atoms with E-state index in [2.05, 4.69) is 109 Å². The van der Waals surface area contributed by atoms with Gasteiger partial charge in [0.1, 0.15) is 0 Å². The molecule has 0 fully saturated rings. The third kappa shape index (κ3) is 2.20. The molecule has 0 heterocycles. The molecule has 0 aliphatic heterocycles. The van der Waals surface area contributed by atoms with Crippen molar-refractivity contribution in [3.8, 4) is 11.1 Å². The van der Waals surface area contributed by atoms with E-state index in [4.69, 9.17) is 0 Å². The zero-order valence-electron chi connectivity index (χ0n) is 17.3. The molecule has 1 spiro atoms. The molecular weight excluding hydrogens is 372 g/mol. The Balaban J connectivity index is 1.52. The minimum absolute atomic E-state index is 0.0219. The molecule has 0 unspecified atom stereocenters. The lowest BCUT2D eigenvalue weighted by molar-refractivity contribution is 0.526. The van der Waals surface area contributed by atoms with E-state index in [-0.39, 0.29) is 5.41 Å². The molecular formula is C31H22. The van der Waals surface area contributed by atoms with Crippen molar-refractivity contribution in [1.82, 2.24) is 0 Å². The van der Waals surface area contributed by atoms with Crippen LogP contribution in [0.5, 0.6) is 0 Å². The normalized spacial score (nSPS) is 17.1. The zero-order valence-corrected chi connectivity index (χ0v) is 17.3. The molecule has 0 saturated heterocycles. The van der Waals surface area contributed by atoms with Crippen LogP contribution >= 0.6 is 0 Å². The molecule has 0 heteroatoms. The average molecular weight is 395 g/mol. The lowest BCUT2D eigenvalue weighted by Crippen LogP contribution is -2.28. The van der Waals surface area contributed by atoms with E-state index in [1.807, 2.05) is 0 Å². The SMILES string of the molecule is C1=C2C(=C(c3ccccc3)c3ccccc32)CC2(C1)c1ccccc1-c1ccccc12. The first-order chi connectivity index (χ1) is 15.4. The number of allylic oxidation sites excluding steroid dienone is 3. The standard InChI is InChI=1S/C31H22/c1-2-10-21(11-3-1)30-26-15-5-4-12-22(26)23-18-19-31(20-27(23)30)28-16-8-6-13-24(28)25-14-7-9-17-29(25)31/h1-18H,19-20H2. The van der Waals surface area contributed by atoms with Gasteiger partial charge in [0.25, 0.3) is 0 Å². The third-order valence-corrected chi connectivity index (χ3v) is 7.48. The van der Waals surface area contributed by atoms with E-state index in [1.54, 1.807) is 0 Å².